The summed E-state index contributed by atoms with van der Waals surface area (Å²) in [7, 11) is -1.73. The van der Waals surface area contributed by atoms with E-state index in [1.165, 1.54) is 0 Å². The average Bonchev–Trinajstić information content (AvgIpc) is 2.95. The first-order valence-electron chi connectivity index (χ1n) is 8.37. The van der Waals surface area contributed by atoms with Crippen LogP contribution < -0.4 is 4.90 Å². The molecule has 7 heteroatoms. The fourth-order valence-electron chi connectivity index (χ4n) is 2.49. The molecule has 5 nitrogen and oxygen atoms in total. The van der Waals surface area contributed by atoms with Gasteiger partial charge in [-0.2, -0.15) is 4.39 Å². The third-order valence-corrected chi connectivity index (χ3v) is 9.66. The van der Waals surface area contributed by atoms with Gasteiger partial charge in [0.2, 0.25) is 5.95 Å². The van der Waals surface area contributed by atoms with E-state index in [1.807, 2.05) is 0 Å². The number of nitrogens with zero attached hydrogens (tertiary/aromatic N) is 3. The SMILES string of the molecule is CC(C)(C)[Si](C)(C)OCC1CCN(c2ccc(/C=N\O)c(F)n2)C1. The Morgan fingerprint density at radius 1 is 1.46 bits per heavy atom. The van der Waals surface area contributed by atoms with Crippen molar-refractivity contribution >= 4 is 20.3 Å². The second kappa shape index (κ2) is 7.19. The number of pyridine rings is 1. The third kappa shape index (κ3) is 4.33. The van der Waals surface area contributed by atoms with E-state index >= 15 is 0 Å². The molecule has 0 bridgehead atoms. The predicted molar refractivity (Wildman–Crippen MR) is 97.0 cm³/mol. The molecule has 1 unspecified atom stereocenters. The van der Waals surface area contributed by atoms with E-state index in [2.05, 4.69) is 48.9 Å². The van der Waals surface area contributed by atoms with Crippen LogP contribution >= 0.6 is 0 Å². The minimum Gasteiger partial charge on any atom is -0.416 e. The molecule has 1 aromatic rings. The molecule has 1 aliphatic rings. The van der Waals surface area contributed by atoms with Crippen LogP contribution in [0, 0.1) is 11.9 Å². The fourth-order valence-corrected chi connectivity index (χ4v) is 3.57. The zero-order valence-electron chi connectivity index (χ0n) is 15.2. The van der Waals surface area contributed by atoms with E-state index in [-0.39, 0.29) is 10.6 Å². The maximum Gasteiger partial charge on any atom is 0.223 e. The molecule has 1 saturated heterocycles. The first kappa shape index (κ1) is 18.9. The summed E-state index contributed by atoms with van der Waals surface area (Å²) in [6, 6.07) is 3.34. The molecular weight excluding hydrogens is 325 g/mol. The summed E-state index contributed by atoms with van der Waals surface area (Å²) in [5.41, 5.74) is 0.179. The number of rotatable bonds is 5. The number of anilines is 1. The summed E-state index contributed by atoms with van der Waals surface area (Å²) in [5.74, 6) is 0.450. The molecule has 0 amide bonds. The topological polar surface area (TPSA) is 58.0 Å². The van der Waals surface area contributed by atoms with Gasteiger partial charge in [0.15, 0.2) is 8.32 Å². The number of hydrogen-bond donors (Lipinski definition) is 1. The molecular formula is C17H28FN3O2Si. The Morgan fingerprint density at radius 3 is 2.75 bits per heavy atom. The lowest BCUT2D eigenvalue weighted by Crippen LogP contribution is -2.42. The number of oxime groups is 1. The van der Waals surface area contributed by atoms with Gasteiger partial charge >= 0.3 is 0 Å². The van der Waals surface area contributed by atoms with Gasteiger partial charge in [-0.3, -0.25) is 0 Å². The van der Waals surface area contributed by atoms with Crippen molar-refractivity contribution in [2.45, 2.75) is 45.3 Å². The van der Waals surface area contributed by atoms with E-state index in [4.69, 9.17) is 9.63 Å². The Balaban J connectivity index is 1.95. The van der Waals surface area contributed by atoms with Crippen molar-refractivity contribution in [1.82, 2.24) is 4.98 Å². The molecule has 0 saturated carbocycles. The largest absolute Gasteiger partial charge is 0.416 e. The highest BCUT2D eigenvalue weighted by Crippen LogP contribution is 2.37. The normalized spacial score (nSPS) is 19.4. The van der Waals surface area contributed by atoms with Crippen LogP contribution in [0.2, 0.25) is 18.1 Å². The van der Waals surface area contributed by atoms with E-state index < -0.39 is 14.3 Å². The van der Waals surface area contributed by atoms with Gasteiger partial charge in [0, 0.05) is 25.6 Å². The summed E-state index contributed by atoms with van der Waals surface area (Å²) in [5, 5.41) is 11.5. The maximum absolute atomic E-state index is 13.9. The standard InChI is InChI=1S/C17H28FN3O2Si/c1-17(2,3)24(4,5)23-12-13-8-9-21(11-13)15-7-6-14(10-19-22)16(18)20-15/h6-7,10,13,22H,8-9,11-12H2,1-5H3/b19-10-. The number of halogens is 1. The second-order valence-electron chi connectivity index (χ2n) is 7.97. The molecule has 2 rings (SSSR count). The molecule has 0 spiro atoms. The molecule has 134 valence electrons. The first-order chi connectivity index (χ1) is 11.1. The Labute approximate surface area is 144 Å². The summed E-state index contributed by atoms with van der Waals surface area (Å²) < 4.78 is 20.2. The Bertz CT molecular complexity index is 602. The second-order valence-corrected chi connectivity index (χ2v) is 12.8. The lowest BCUT2D eigenvalue weighted by atomic mass is 10.1. The molecule has 1 aromatic heterocycles. The van der Waals surface area contributed by atoms with E-state index in [1.54, 1.807) is 12.1 Å². The molecule has 1 fully saturated rings. The van der Waals surface area contributed by atoms with Crippen molar-refractivity contribution < 1.29 is 14.0 Å². The van der Waals surface area contributed by atoms with Gasteiger partial charge in [-0.1, -0.05) is 25.9 Å². The molecule has 24 heavy (non-hydrogen) atoms. The molecule has 1 atom stereocenters. The van der Waals surface area contributed by atoms with Crippen molar-refractivity contribution in [1.29, 1.82) is 0 Å². The van der Waals surface area contributed by atoms with Crippen LogP contribution in [0.15, 0.2) is 17.3 Å². The zero-order chi connectivity index (χ0) is 18.0. The fraction of sp³-hybridized carbons (Fsp3) is 0.647. The highest BCUT2D eigenvalue weighted by molar-refractivity contribution is 6.74. The van der Waals surface area contributed by atoms with Crippen molar-refractivity contribution in [3.05, 3.63) is 23.6 Å². The maximum atomic E-state index is 13.9. The third-order valence-electron chi connectivity index (χ3n) is 5.16. The first-order valence-corrected chi connectivity index (χ1v) is 11.3. The minimum atomic E-state index is -1.73. The van der Waals surface area contributed by atoms with Crippen LogP contribution in [0.4, 0.5) is 10.2 Å². The van der Waals surface area contributed by atoms with Gasteiger partial charge in [-0.25, -0.2) is 4.98 Å². The van der Waals surface area contributed by atoms with Gasteiger partial charge in [0.25, 0.3) is 0 Å². The summed E-state index contributed by atoms with van der Waals surface area (Å²) in [4.78, 5) is 6.07. The number of aromatic nitrogens is 1. The number of hydrogen-bond acceptors (Lipinski definition) is 5. The van der Waals surface area contributed by atoms with Crippen LogP contribution in [0.25, 0.3) is 0 Å². The molecule has 1 N–H and O–H groups in total. The molecule has 2 heterocycles. The monoisotopic (exact) mass is 353 g/mol. The molecule has 0 aliphatic carbocycles. The van der Waals surface area contributed by atoms with Crippen molar-refractivity contribution in [2.75, 3.05) is 24.6 Å². The van der Waals surface area contributed by atoms with E-state index in [0.717, 1.165) is 32.3 Å². The molecule has 0 aromatic carbocycles. The smallest absolute Gasteiger partial charge is 0.223 e. The van der Waals surface area contributed by atoms with Crippen LogP contribution in [0.3, 0.4) is 0 Å². The summed E-state index contributed by atoms with van der Waals surface area (Å²) in [6.45, 7) is 13.7. The van der Waals surface area contributed by atoms with Gasteiger partial charge in [0.1, 0.15) is 5.82 Å². The van der Waals surface area contributed by atoms with Gasteiger partial charge < -0.3 is 14.5 Å². The minimum absolute atomic E-state index is 0.179. The highest BCUT2D eigenvalue weighted by Gasteiger charge is 2.38. The summed E-state index contributed by atoms with van der Waals surface area (Å²) >= 11 is 0. The van der Waals surface area contributed by atoms with E-state index in [0.29, 0.717) is 11.7 Å². The Kier molecular flexibility index (Phi) is 5.65. The van der Waals surface area contributed by atoms with Crippen molar-refractivity contribution in [3.8, 4) is 0 Å². The molecule has 0 radical (unpaired) electrons. The van der Waals surface area contributed by atoms with Gasteiger partial charge in [-0.05, 0) is 36.7 Å². The zero-order valence-corrected chi connectivity index (χ0v) is 16.2. The Hall–Kier alpha value is -1.47. The Morgan fingerprint density at radius 2 is 2.17 bits per heavy atom. The quantitative estimate of drug-likeness (QED) is 0.287. The lowest BCUT2D eigenvalue weighted by molar-refractivity contribution is 0.238. The van der Waals surface area contributed by atoms with Crippen LogP contribution in [-0.4, -0.2) is 44.4 Å². The predicted octanol–water partition coefficient (Wildman–Crippen LogP) is 3.88. The van der Waals surface area contributed by atoms with Gasteiger partial charge in [0.05, 0.1) is 11.8 Å². The van der Waals surface area contributed by atoms with Crippen molar-refractivity contribution in [3.63, 3.8) is 0 Å². The average molecular weight is 354 g/mol. The van der Waals surface area contributed by atoms with Crippen LogP contribution in [0.1, 0.15) is 32.8 Å². The summed E-state index contributed by atoms with van der Waals surface area (Å²) in [6.07, 6.45) is 2.07. The molecule has 1 aliphatic heterocycles. The van der Waals surface area contributed by atoms with Crippen molar-refractivity contribution in [2.24, 2.45) is 11.1 Å². The highest BCUT2D eigenvalue weighted by atomic mass is 28.4. The van der Waals surface area contributed by atoms with Crippen LogP contribution in [-0.2, 0) is 4.43 Å². The van der Waals surface area contributed by atoms with Crippen LogP contribution in [0.5, 0.6) is 0 Å². The van der Waals surface area contributed by atoms with E-state index in [9.17, 15) is 4.39 Å². The van der Waals surface area contributed by atoms with Gasteiger partial charge in [-0.15, -0.1) is 0 Å². The lowest BCUT2D eigenvalue weighted by Gasteiger charge is -2.37.